The van der Waals surface area contributed by atoms with Crippen molar-refractivity contribution in [2.75, 3.05) is 0 Å². The molecule has 0 aliphatic carbocycles. The molecule has 0 unspecified atom stereocenters. The maximum Gasteiger partial charge on any atom is 0.257 e. The molecule has 0 saturated heterocycles. The fraction of sp³-hybridized carbons (Fsp3) is 0.250. The third-order valence-corrected chi connectivity index (χ3v) is 3.81. The van der Waals surface area contributed by atoms with Gasteiger partial charge in [0.15, 0.2) is 5.82 Å². The first kappa shape index (κ1) is 14.8. The second-order valence-corrected chi connectivity index (χ2v) is 5.61. The van der Waals surface area contributed by atoms with Crippen molar-refractivity contribution in [3.63, 3.8) is 0 Å². The highest BCUT2D eigenvalue weighted by Gasteiger charge is 2.14. The quantitative estimate of drug-likeness (QED) is 0.781. The molecule has 3 aromatic rings. The highest BCUT2D eigenvalue weighted by molar-refractivity contribution is 6.30. The van der Waals surface area contributed by atoms with E-state index in [0.29, 0.717) is 16.7 Å². The lowest BCUT2D eigenvalue weighted by Crippen LogP contribution is -2.20. The molecule has 22 heavy (non-hydrogen) atoms. The maximum absolute atomic E-state index is 5.88. The molecule has 0 saturated carbocycles. The van der Waals surface area contributed by atoms with Gasteiger partial charge in [0.1, 0.15) is 0 Å². The number of nitrogens with one attached hydrogen (secondary N) is 1. The van der Waals surface area contributed by atoms with Crippen LogP contribution in [0, 0.1) is 0 Å². The van der Waals surface area contributed by atoms with E-state index in [0.717, 1.165) is 12.1 Å². The predicted molar refractivity (Wildman–Crippen MR) is 85.4 cm³/mol. The summed E-state index contributed by atoms with van der Waals surface area (Å²) in [5.41, 5.74) is 2.06. The number of hydrogen-bond donors (Lipinski definition) is 1. The molecule has 2 heterocycles. The average molecular weight is 317 g/mol. The number of halogens is 1. The minimum Gasteiger partial charge on any atom is -0.353 e. The van der Waals surface area contributed by atoms with Crippen molar-refractivity contribution in [1.29, 1.82) is 0 Å². The Morgan fingerprint density at radius 1 is 1.27 bits per heavy atom. The summed E-state index contributed by atoms with van der Waals surface area (Å²) in [6, 6.07) is 11.4. The normalized spacial score (nSPS) is 12.5. The molecule has 0 aliphatic rings. The molecular formula is C16H17ClN4O. The van der Waals surface area contributed by atoms with Gasteiger partial charge in [-0.15, -0.1) is 0 Å². The van der Waals surface area contributed by atoms with Crippen molar-refractivity contribution >= 4 is 11.6 Å². The summed E-state index contributed by atoms with van der Waals surface area (Å²) in [6.45, 7) is 2.76. The van der Waals surface area contributed by atoms with Gasteiger partial charge < -0.3 is 14.4 Å². The van der Waals surface area contributed by atoms with Crippen LogP contribution < -0.4 is 5.32 Å². The van der Waals surface area contributed by atoms with Crippen LogP contribution in [0.15, 0.2) is 47.1 Å². The molecule has 0 radical (unpaired) electrons. The Morgan fingerprint density at radius 3 is 2.73 bits per heavy atom. The van der Waals surface area contributed by atoms with E-state index in [1.165, 1.54) is 5.69 Å². The molecule has 5 nitrogen and oxygen atoms in total. The molecule has 0 spiro atoms. The van der Waals surface area contributed by atoms with Crippen LogP contribution in [0.2, 0.25) is 5.02 Å². The Balaban J connectivity index is 1.67. The van der Waals surface area contributed by atoms with Gasteiger partial charge >= 0.3 is 0 Å². The average Bonchev–Trinajstić information content (AvgIpc) is 3.15. The molecule has 3 rings (SSSR count). The van der Waals surface area contributed by atoms with Crippen molar-refractivity contribution in [2.24, 2.45) is 7.05 Å². The minimum atomic E-state index is -0.000278. The Morgan fingerprint density at radius 2 is 2.05 bits per heavy atom. The second kappa shape index (κ2) is 6.34. The molecule has 0 bridgehead atoms. The summed E-state index contributed by atoms with van der Waals surface area (Å²) >= 11 is 5.88. The predicted octanol–water partition coefficient (Wildman–Crippen LogP) is 3.58. The lowest BCUT2D eigenvalue weighted by molar-refractivity contribution is 0.408. The van der Waals surface area contributed by atoms with E-state index in [2.05, 4.69) is 26.1 Å². The maximum atomic E-state index is 5.88. The van der Waals surface area contributed by atoms with Crippen molar-refractivity contribution in [3.8, 4) is 11.5 Å². The number of benzene rings is 1. The van der Waals surface area contributed by atoms with Crippen LogP contribution in [0.25, 0.3) is 11.5 Å². The first-order valence-electron chi connectivity index (χ1n) is 7.06. The number of aromatic nitrogens is 3. The number of rotatable bonds is 5. The molecule has 1 N–H and O–H groups in total. The summed E-state index contributed by atoms with van der Waals surface area (Å²) in [6.07, 6.45) is 2.02. The Hall–Kier alpha value is -2.11. The van der Waals surface area contributed by atoms with E-state index in [-0.39, 0.29) is 6.04 Å². The fourth-order valence-electron chi connectivity index (χ4n) is 2.15. The van der Waals surface area contributed by atoms with Gasteiger partial charge in [-0.25, -0.2) is 0 Å². The lowest BCUT2D eigenvalue weighted by Gasteiger charge is -2.10. The summed E-state index contributed by atoms with van der Waals surface area (Å²) in [7, 11) is 2.02. The van der Waals surface area contributed by atoms with E-state index < -0.39 is 0 Å². The smallest absolute Gasteiger partial charge is 0.257 e. The summed E-state index contributed by atoms with van der Waals surface area (Å²) in [5.74, 6) is 1.14. The van der Waals surface area contributed by atoms with E-state index in [1.807, 2.05) is 38.4 Å². The van der Waals surface area contributed by atoms with E-state index in [4.69, 9.17) is 16.1 Å². The van der Waals surface area contributed by atoms with Gasteiger partial charge in [-0.05, 0) is 43.3 Å². The van der Waals surface area contributed by atoms with Gasteiger partial charge in [-0.3, -0.25) is 0 Å². The minimum absolute atomic E-state index is 0.000278. The first-order valence-corrected chi connectivity index (χ1v) is 7.44. The molecule has 0 aliphatic heterocycles. The second-order valence-electron chi connectivity index (χ2n) is 5.18. The Labute approximate surface area is 133 Å². The molecule has 0 fully saturated rings. The zero-order chi connectivity index (χ0) is 15.5. The van der Waals surface area contributed by atoms with Gasteiger partial charge in [-0.2, -0.15) is 4.98 Å². The van der Waals surface area contributed by atoms with Crippen LogP contribution in [0.5, 0.6) is 0 Å². The topological polar surface area (TPSA) is 55.9 Å². The summed E-state index contributed by atoms with van der Waals surface area (Å²) in [5, 5.41) is 8.12. The van der Waals surface area contributed by atoms with E-state index in [9.17, 15) is 0 Å². The SMILES string of the molecule is C[C@@H](NCc1cccn1C)c1noc(-c2ccc(Cl)cc2)n1. The van der Waals surface area contributed by atoms with Crippen molar-refractivity contribution in [2.45, 2.75) is 19.5 Å². The van der Waals surface area contributed by atoms with Crippen LogP contribution in [0.4, 0.5) is 0 Å². The molecule has 1 aromatic carbocycles. The Bertz CT molecular complexity index is 748. The van der Waals surface area contributed by atoms with E-state index in [1.54, 1.807) is 12.1 Å². The van der Waals surface area contributed by atoms with Crippen LogP contribution in [0.1, 0.15) is 24.5 Å². The standard InChI is InChI=1S/C16H17ClN4O/c1-11(18-10-14-4-3-9-21(14)2)15-19-16(22-20-15)12-5-7-13(17)8-6-12/h3-9,11,18H,10H2,1-2H3/t11-/m1/s1. The number of aryl methyl sites for hydroxylation is 1. The fourth-order valence-corrected chi connectivity index (χ4v) is 2.28. The number of nitrogens with zero attached hydrogens (tertiary/aromatic N) is 3. The number of hydrogen-bond acceptors (Lipinski definition) is 4. The Kier molecular flexibility index (Phi) is 4.27. The van der Waals surface area contributed by atoms with Gasteiger partial charge in [0.05, 0.1) is 6.04 Å². The largest absolute Gasteiger partial charge is 0.353 e. The van der Waals surface area contributed by atoms with Gasteiger partial charge in [0, 0.05) is 36.1 Å². The van der Waals surface area contributed by atoms with Gasteiger partial charge in [0.25, 0.3) is 5.89 Å². The van der Waals surface area contributed by atoms with Crippen LogP contribution in [0.3, 0.4) is 0 Å². The van der Waals surface area contributed by atoms with Crippen LogP contribution in [-0.4, -0.2) is 14.7 Å². The molecule has 0 amide bonds. The highest BCUT2D eigenvalue weighted by atomic mass is 35.5. The van der Waals surface area contributed by atoms with Gasteiger partial charge in [-0.1, -0.05) is 16.8 Å². The van der Waals surface area contributed by atoms with Crippen molar-refractivity contribution in [3.05, 3.63) is 59.1 Å². The molecule has 114 valence electrons. The molecular weight excluding hydrogens is 300 g/mol. The highest BCUT2D eigenvalue weighted by Crippen LogP contribution is 2.21. The summed E-state index contributed by atoms with van der Waals surface area (Å²) < 4.78 is 7.40. The molecule has 2 aromatic heterocycles. The van der Waals surface area contributed by atoms with Crippen LogP contribution in [-0.2, 0) is 13.6 Å². The monoisotopic (exact) mass is 316 g/mol. The van der Waals surface area contributed by atoms with E-state index >= 15 is 0 Å². The third kappa shape index (κ3) is 3.21. The van der Waals surface area contributed by atoms with Crippen LogP contribution >= 0.6 is 11.6 Å². The van der Waals surface area contributed by atoms with Gasteiger partial charge in [0.2, 0.25) is 0 Å². The summed E-state index contributed by atoms with van der Waals surface area (Å²) in [4.78, 5) is 4.44. The molecule has 1 atom stereocenters. The third-order valence-electron chi connectivity index (χ3n) is 3.56. The molecule has 6 heteroatoms. The lowest BCUT2D eigenvalue weighted by atomic mass is 10.2. The van der Waals surface area contributed by atoms with Crippen molar-refractivity contribution in [1.82, 2.24) is 20.0 Å². The first-order chi connectivity index (χ1) is 10.6. The zero-order valence-electron chi connectivity index (χ0n) is 12.5. The zero-order valence-corrected chi connectivity index (χ0v) is 13.2. The van der Waals surface area contributed by atoms with Crippen molar-refractivity contribution < 1.29 is 4.52 Å².